The molecule has 204 valence electrons. The van der Waals surface area contributed by atoms with E-state index in [1.807, 2.05) is 0 Å². The summed E-state index contributed by atoms with van der Waals surface area (Å²) in [6, 6.07) is 4.64. The summed E-state index contributed by atoms with van der Waals surface area (Å²) in [7, 11) is -4.15. The molecule has 0 saturated heterocycles. The number of amides is 1. The number of aliphatic hydroxyl groups is 3. The first-order valence-electron chi connectivity index (χ1n) is 11.7. The smallest absolute Gasteiger partial charge is 0.255 e. The van der Waals surface area contributed by atoms with E-state index >= 15 is 0 Å². The quantitative estimate of drug-likeness (QED) is 0.376. The molecule has 0 unspecified atom stereocenters. The SMILES string of the molecule is CC[C@@H]1C[C@@H](S(=O)(=O)c2cc(C(=O)Nc3cc(F)c(F)c(F)c3)ccc2Cl)C[C@H](C)[C@@]1(O)[C@H](O)[C@H](C)O. The summed E-state index contributed by atoms with van der Waals surface area (Å²) in [5.74, 6) is -6.98. The van der Waals surface area contributed by atoms with E-state index in [-0.39, 0.29) is 34.0 Å². The van der Waals surface area contributed by atoms with Crippen molar-refractivity contribution in [3.8, 4) is 0 Å². The van der Waals surface area contributed by atoms with Crippen molar-refractivity contribution >= 4 is 33.0 Å². The van der Waals surface area contributed by atoms with Crippen LogP contribution in [-0.2, 0) is 9.84 Å². The van der Waals surface area contributed by atoms with E-state index < -0.39 is 68.1 Å². The van der Waals surface area contributed by atoms with Crippen molar-refractivity contribution in [3.63, 3.8) is 0 Å². The fraction of sp³-hybridized carbons (Fsp3) is 0.480. The molecule has 0 heterocycles. The number of carbonyl (C=O) groups excluding carboxylic acids is 1. The Morgan fingerprint density at radius 1 is 1.16 bits per heavy atom. The van der Waals surface area contributed by atoms with Gasteiger partial charge in [0, 0.05) is 23.4 Å². The summed E-state index contributed by atoms with van der Waals surface area (Å²) < 4.78 is 67.5. The Bertz CT molecular complexity index is 1270. The highest BCUT2D eigenvalue weighted by molar-refractivity contribution is 7.92. The fourth-order valence-electron chi connectivity index (χ4n) is 5.13. The minimum Gasteiger partial charge on any atom is -0.391 e. The van der Waals surface area contributed by atoms with Gasteiger partial charge in [0.1, 0.15) is 6.10 Å². The standard InChI is InChI=1S/C25H29ClF3NO6S/c1-4-15-9-17(7-12(2)25(15,34)23(32)13(3)31)37(35,36)21-8-14(5-6-18(21)26)24(33)30-16-10-19(27)22(29)20(28)11-16/h5-6,8,10-13,15,17,23,31-32,34H,4,7,9H2,1-3H3,(H,30,33)/t12-,13-,15+,17-,23+,25-/m0/s1. The van der Waals surface area contributed by atoms with E-state index in [1.54, 1.807) is 13.8 Å². The van der Waals surface area contributed by atoms with Crippen LogP contribution < -0.4 is 5.32 Å². The van der Waals surface area contributed by atoms with Gasteiger partial charge >= 0.3 is 0 Å². The minimum absolute atomic E-state index is 0.0235. The van der Waals surface area contributed by atoms with Gasteiger partial charge in [-0.3, -0.25) is 4.79 Å². The number of nitrogens with one attached hydrogen (secondary N) is 1. The first-order chi connectivity index (χ1) is 17.1. The molecule has 6 atom stereocenters. The Labute approximate surface area is 218 Å². The van der Waals surface area contributed by atoms with Crippen molar-refractivity contribution in [1.29, 1.82) is 0 Å². The molecule has 2 aromatic rings. The molecule has 1 amide bonds. The van der Waals surface area contributed by atoms with Crippen molar-refractivity contribution in [3.05, 3.63) is 58.4 Å². The van der Waals surface area contributed by atoms with Crippen molar-refractivity contribution in [2.45, 2.75) is 68.0 Å². The van der Waals surface area contributed by atoms with Crippen LogP contribution in [0.4, 0.5) is 18.9 Å². The monoisotopic (exact) mass is 563 g/mol. The average Bonchev–Trinajstić information content (AvgIpc) is 2.83. The normalized spacial score (nSPS) is 25.9. The Morgan fingerprint density at radius 3 is 2.30 bits per heavy atom. The molecule has 0 radical (unpaired) electrons. The third-order valence-corrected chi connectivity index (χ3v) is 9.87. The molecule has 1 aliphatic rings. The number of carbonyl (C=O) groups is 1. The molecule has 1 fully saturated rings. The highest BCUT2D eigenvalue weighted by atomic mass is 35.5. The lowest BCUT2D eigenvalue weighted by Crippen LogP contribution is -2.61. The van der Waals surface area contributed by atoms with Crippen LogP contribution in [0.15, 0.2) is 35.2 Å². The second-order valence-electron chi connectivity index (χ2n) is 9.57. The lowest BCUT2D eigenvalue weighted by Gasteiger charge is -2.50. The van der Waals surface area contributed by atoms with Gasteiger partial charge in [0.15, 0.2) is 27.3 Å². The number of aliphatic hydroxyl groups excluding tert-OH is 2. The number of hydrogen-bond donors (Lipinski definition) is 4. The van der Waals surface area contributed by atoms with Gasteiger partial charge in [-0.25, -0.2) is 21.6 Å². The van der Waals surface area contributed by atoms with E-state index in [9.17, 15) is 41.7 Å². The van der Waals surface area contributed by atoms with Crippen LogP contribution in [0.3, 0.4) is 0 Å². The molecular weight excluding hydrogens is 535 g/mol. The van der Waals surface area contributed by atoms with E-state index in [1.165, 1.54) is 19.1 Å². The van der Waals surface area contributed by atoms with Gasteiger partial charge in [0.2, 0.25) is 0 Å². The first-order valence-corrected chi connectivity index (χ1v) is 13.6. The zero-order chi connectivity index (χ0) is 27.9. The summed E-state index contributed by atoms with van der Waals surface area (Å²) >= 11 is 6.20. The maximum Gasteiger partial charge on any atom is 0.255 e. The summed E-state index contributed by atoms with van der Waals surface area (Å²) in [4.78, 5) is 12.3. The van der Waals surface area contributed by atoms with Crippen LogP contribution >= 0.6 is 11.6 Å². The van der Waals surface area contributed by atoms with E-state index in [2.05, 4.69) is 5.32 Å². The number of anilines is 1. The van der Waals surface area contributed by atoms with Crippen LogP contribution in [0, 0.1) is 29.3 Å². The molecular formula is C25H29ClF3NO6S. The third kappa shape index (κ3) is 5.51. The van der Waals surface area contributed by atoms with Gasteiger partial charge in [0.25, 0.3) is 5.91 Å². The topological polar surface area (TPSA) is 124 Å². The van der Waals surface area contributed by atoms with Gasteiger partial charge in [-0.1, -0.05) is 31.9 Å². The van der Waals surface area contributed by atoms with E-state index in [0.717, 1.165) is 6.07 Å². The minimum atomic E-state index is -4.15. The van der Waals surface area contributed by atoms with Crippen LogP contribution in [0.5, 0.6) is 0 Å². The van der Waals surface area contributed by atoms with Crippen LogP contribution in [0.2, 0.25) is 5.02 Å². The maximum atomic E-state index is 13.6. The Kier molecular flexibility index (Phi) is 8.65. The molecule has 0 bridgehead atoms. The molecule has 0 spiro atoms. The van der Waals surface area contributed by atoms with Gasteiger partial charge in [-0.15, -0.1) is 0 Å². The predicted molar refractivity (Wildman–Crippen MR) is 132 cm³/mol. The molecule has 0 aliphatic heterocycles. The molecule has 1 saturated carbocycles. The molecule has 37 heavy (non-hydrogen) atoms. The van der Waals surface area contributed by atoms with Crippen molar-refractivity contribution in [2.24, 2.45) is 11.8 Å². The Morgan fingerprint density at radius 2 is 1.76 bits per heavy atom. The number of sulfone groups is 1. The van der Waals surface area contributed by atoms with E-state index in [0.29, 0.717) is 18.6 Å². The second-order valence-corrected chi connectivity index (χ2v) is 12.2. The highest BCUT2D eigenvalue weighted by Crippen LogP contribution is 2.46. The Balaban J connectivity index is 1.92. The van der Waals surface area contributed by atoms with Crippen molar-refractivity contribution in [1.82, 2.24) is 0 Å². The number of rotatable bonds is 7. The van der Waals surface area contributed by atoms with Crippen molar-refractivity contribution < 1.29 is 41.7 Å². The zero-order valence-electron chi connectivity index (χ0n) is 20.4. The lowest BCUT2D eigenvalue weighted by atomic mass is 9.64. The van der Waals surface area contributed by atoms with Crippen LogP contribution in [0.1, 0.15) is 50.4 Å². The van der Waals surface area contributed by atoms with Gasteiger partial charge in [-0.2, -0.15) is 0 Å². The highest BCUT2D eigenvalue weighted by Gasteiger charge is 2.54. The summed E-state index contributed by atoms with van der Waals surface area (Å²) in [6.45, 7) is 4.68. The molecule has 7 nitrogen and oxygen atoms in total. The van der Waals surface area contributed by atoms with Gasteiger partial charge < -0.3 is 20.6 Å². The van der Waals surface area contributed by atoms with Crippen molar-refractivity contribution in [2.75, 3.05) is 5.32 Å². The molecule has 3 rings (SSSR count). The average molecular weight is 564 g/mol. The largest absolute Gasteiger partial charge is 0.391 e. The molecule has 4 N–H and O–H groups in total. The predicted octanol–water partition coefficient (Wildman–Crippen LogP) is 4.08. The van der Waals surface area contributed by atoms with E-state index in [4.69, 9.17) is 11.6 Å². The maximum absolute atomic E-state index is 13.6. The van der Waals surface area contributed by atoms with Gasteiger partial charge in [-0.05, 0) is 49.8 Å². The molecule has 1 aliphatic carbocycles. The zero-order valence-corrected chi connectivity index (χ0v) is 22.0. The first kappa shape index (κ1) is 29.4. The lowest BCUT2D eigenvalue weighted by molar-refractivity contribution is -0.190. The number of benzene rings is 2. The number of hydrogen-bond acceptors (Lipinski definition) is 6. The Hall–Kier alpha value is -2.18. The second kappa shape index (κ2) is 10.9. The van der Waals surface area contributed by atoms with Crippen LogP contribution in [0.25, 0.3) is 0 Å². The molecule has 12 heteroatoms. The molecule has 0 aromatic heterocycles. The third-order valence-electron chi connectivity index (χ3n) is 7.21. The summed E-state index contributed by atoms with van der Waals surface area (Å²) in [6.07, 6.45) is -2.45. The molecule has 2 aromatic carbocycles. The number of halogens is 4. The van der Waals surface area contributed by atoms with Crippen LogP contribution in [-0.4, -0.2) is 52.7 Å². The van der Waals surface area contributed by atoms with Gasteiger partial charge in [0.05, 0.1) is 26.9 Å². The fourth-order valence-corrected chi connectivity index (χ4v) is 7.59. The summed E-state index contributed by atoms with van der Waals surface area (Å²) in [5.41, 5.74) is -2.26. The summed E-state index contributed by atoms with van der Waals surface area (Å²) in [5, 5.41) is 32.7.